The van der Waals surface area contributed by atoms with Gasteiger partial charge in [-0.3, -0.25) is 0 Å². The van der Waals surface area contributed by atoms with Gasteiger partial charge in [0.25, 0.3) is 0 Å². The Kier molecular flexibility index (Phi) is 3.69. The normalized spacial score (nSPS) is 25.1. The Hall–Kier alpha value is -0.830. The molecule has 0 aromatic carbocycles. The van der Waals surface area contributed by atoms with Crippen LogP contribution in [0.3, 0.4) is 0 Å². The van der Waals surface area contributed by atoms with Gasteiger partial charge in [0.2, 0.25) is 0 Å². The van der Waals surface area contributed by atoms with E-state index in [1.54, 1.807) is 0 Å². The number of nitrogens with one attached hydrogen (secondary N) is 1. The van der Waals surface area contributed by atoms with Gasteiger partial charge in [-0.2, -0.15) is 0 Å². The van der Waals surface area contributed by atoms with Gasteiger partial charge >= 0.3 is 0 Å². The number of nitrogens with zero attached hydrogens (tertiary/aromatic N) is 1. The quantitative estimate of drug-likeness (QED) is 0.863. The van der Waals surface area contributed by atoms with Crippen molar-refractivity contribution in [3.05, 3.63) is 17.2 Å². The SMILES string of the molecule is NC1CCc2nc(CCC3CCCCC3)[nH]c2C1. The number of aromatic nitrogens is 2. The summed E-state index contributed by atoms with van der Waals surface area (Å²) in [7, 11) is 0. The second-order valence-electron chi connectivity index (χ2n) is 6.15. The number of H-pyrrole nitrogens is 1. The van der Waals surface area contributed by atoms with E-state index in [9.17, 15) is 0 Å². The zero-order valence-corrected chi connectivity index (χ0v) is 11.3. The van der Waals surface area contributed by atoms with Gasteiger partial charge in [0.05, 0.1) is 5.69 Å². The Morgan fingerprint density at radius 3 is 2.83 bits per heavy atom. The smallest absolute Gasteiger partial charge is 0.106 e. The number of aromatic amines is 1. The van der Waals surface area contributed by atoms with Gasteiger partial charge in [-0.1, -0.05) is 32.1 Å². The van der Waals surface area contributed by atoms with Crippen molar-refractivity contribution in [1.82, 2.24) is 9.97 Å². The lowest BCUT2D eigenvalue weighted by molar-refractivity contribution is 0.337. The van der Waals surface area contributed by atoms with Crippen molar-refractivity contribution in [3.63, 3.8) is 0 Å². The van der Waals surface area contributed by atoms with Crippen molar-refractivity contribution in [3.8, 4) is 0 Å². The van der Waals surface area contributed by atoms with Gasteiger partial charge in [-0.25, -0.2) is 4.98 Å². The largest absolute Gasteiger partial charge is 0.346 e. The summed E-state index contributed by atoms with van der Waals surface area (Å²) in [4.78, 5) is 8.27. The monoisotopic (exact) mass is 247 g/mol. The molecule has 3 nitrogen and oxygen atoms in total. The molecule has 0 bridgehead atoms. The summed E-state index contributed by atoms with van der Waals surface area (Å²) < 4.78 is 0. The van der Waals surface area contributed by atoms with E-state index in [2.05, 4.69) is 4.98 Å². The van der Waals surface area contributed by atoms with Crippen LogP contribution in [0, 0.1) is 5.92 Å². The van der Waals surface area contributed by atoms with Crippen LogP contribution in [0.15, 0.2) is 0 Å². The predicted molar refractivity (Wildman–Crippen MR) is 73.5 cm³/mol. The summed E-state index contributed by atoms with van der Waals surface area (Å²) in [6, 6.07) is 0.337. The van der Waals surface area contributed by atoms with E-state index in [0.29, 0.717) is 6.04 Å². The maximum absolute atomic E-state index is 6.00. The number of fused-ring (bicyclic) bond motifs is 1. The Labute approximate surface area is 110 Å². The fourth-order valence-electron chi connectivity index (χ4n) is 3.50. The van der Waals surface area contributed by atoms with Gasteiger partial charge < -0.3 is 10.7 Å². The molecular formula is C15H25N3. The highest BCUT2D eigenvalue weighted by molar-refractivity contribution is 5.19. The molecule has 3 N–H and O–H groups in total. The Morgan fingerprint density at radius 1 is 1.17 bits per heavy atom. The molecule has 1 aromatic rings. The number of aryl methyl sites for hydroxylation is 2. The predicted octanol–water partition coefficient (Wildman–Crippen LogP) is 2.74. The summed E-state index contributed by atoms with van der Waals surface area (Å²) in [5.41, 5.74) is 8.60. The molecule has 1 heterocycles. The highest BCUT2D eigenvalue weighted by atomic mass is 14.9. The molecule has 100 valence electrons. The first-order valence-electron chi connectivity index (χ1n) is 7.63. The van der Waals surface area contributed by atoms with Gasteiger partial charge in [-0.15, -0.1) is 0 Å². The van der Waals surface area contributed by atoms with Crippen LogP contribution in [-0.2, 0) is 19.3 Å². The van der Waals surface area contributed by atoms with Crippen LogP contribution in [0.4, 0.5) is 0 Å². The third kappa shape index (κ3) is 2.77. The van der Waals surface area contributed by atoms with E-state index in [1.807, 2.05) is 0 Å². The molecule has 1 atom stereocenters. The summed E-state index contributed by atoms with van der Waals surface area (Å²) in [5, 5.41) is 0. The summed E-state index contributed by atoms with van der Waals surface area (Å²) in [6.45, 7) is 0. The molecular weight excluding hydrogens is 222 g/mol. The van der Waals surface area contributed by atoms with Crippen LogP contribution in [-0.4, -0.2) is 16.0 Å². The minimum absolute atomic E-state index is 0.337. The van der Waals surface area contributed by atoms with Crippen LogP contribution in [0.5, 0.6) is 0 Å². The summed E-state index contributed by atoms with van der Waals surface area (Å²) >= 11 is 0. The third-order valence-electron chi connectivity index (χ3n) is 4.65. The van der Waals surface area contributed by atoms with Gasteiger partial charge in [0, 0.05) is 24.6 Å². The van der Waals surface area contributed by atoms with Crippen LogP contribution in [0.1, 0.15) is 62.2 Å². The zero-order valence-electron chi connectivity index (χ0n) is 11.3. The minimum atomic E-state index is 0.337. The Morgan fingerprint density at radius 2 is 2.00 bits per heavy atom. The molecule has 0 aliphatic heterocycles. The standard InChI is InChI=1S/C15H25N3/c16-12-7-8-13-14(10-12)18-15(17-13)9-6-11-4-2-1-3-5-11/h11-12H,1-10,16H2,(H,17,18). The first-order valence-corrected chi connectivity index (χ1v) is 7.63. The number of rotatable bonds is 3. The van der Waals surface area contributed by atoms with Crippen molar-refractivity contribution >= 4 is 0 Å². The van der Waals surface area contributed by atoms with Crippen molar-refractivity contribution in [2.45, 2.75) is 70.3 Å². The van der Waals surface area contributed by atoms with Crippen molar-refractivity contribution < 1.29 is 0 Å². The average Bonchev–Trinajstić information content (AvgIpc) is 2.79. The summed E-state index contributed by atoms with van der Waals surface area (Å²) in [6.07, 6.45) is 12.8. The molecule has 3 rings (SSSR count). The second kappa shape index (κ2) is 5.43. The van der Waals surface area contributed by atoms with E-state index >= 15 is 0 Å². The van der Waals surface area contributed by atoms with Crippen molar-refractivity contribution in [2.75, 3.05) is 0 Å². The highest BCUT2D eigenvalue weighted by Gasteiger charge is 2.20. The molecule has 3 heteroatoms. The van der Waals surface area contributed by atoms with E-state index < -0.39 is 0 Å². The topological polar surface area (TPSA) is 54.7 Å². The fraction of sp³-hybridized carbons (Fsp3) is 0.800. The molecule has 0 amide bonds. The summed E-state index contributed by atoms with van der Waals surface area (Å²) in [5.74, 6) is 2.16. The Bertz CT molecular complexity index is 390. The molecule has 0 saturated heterocycles. The lowest BCUT2D eigenvalue weighted by Gasteiger charge is -2.20. The molecule has 1 fully saturated rings. The molecule has 0 radical (unpaired) electrons. The number of nitrogens with two attached hydrogens (primary N) is 1. The first-order chi connectivity index (χ1) is 8.81. The van der Waals surface area contributed by atoms with Crippen LogP contribution in [0.2, 0.25) is 0 Å². The van der Waals surface area contributed by atoms with Gasteiger partial charge in [0.15, 0.2) is 0 Å². The lowest BCUT2D eigenvalue weighted by atomic mass is 9.86. The molecule has 1 saturated carbocycles. The van der Waals surface area contributed by atoms with Crippen molar-refractivity contribution in [2.24, 2.45) is 11.7 Å². The molecule has 0 spiro atoms. The van der Waals surface area contributed by atoms with E-state index in [-0.39, 0.29) is 0 Å². The molecule has 1 aromatic heterocycles. The molecule has 2 aliphatic rings. The lowest BCUT2D eigenvalue weighted by Crippen LogP contribution is -2.27. The van der Waals surface area contributed by atoms with E-state index in [0.717, 1.165) is 31.6 Å². The molecule has 18 heavy (non-hydrogen) atoms. The van der Waals surface area contributed by atoms with E-state index in [1.165, 1.54) is 55.7 Å². The Balaban J connectivity index is 1.56. The van der Waals surface area contributed by atoms with Crippen LogP contribution < -0.4 is 5.73 Å². The first kappa shape index (κ1) is 12.2. The number of hydrogen-bond acceptors (Lipinski definition) is 2. The van der Waals surface area contributed by atoms with Crippen LogP contribution >= 0.6 is 0 Å². The average molecular weight is 247 g/mol. The number of hydrogen-bond donors (Lipinski definition) is 2. The zero-order chi connectivity index (χ0) is 12.4. The second-order valence-corrected chi connectivity index (χ2v) is 6.15. The maximum Gasteiger partial charge on any atom is 0.106 e. The number of imidazole rings is 1. The molecule has 1 unspecified atom stereocenters. The van der Waals surface area contributed by atoms with Crippen molar-refractivity contribution in [1.29, 1.82) is 0 Å². The van der Waals surface area contributed by atoms with E-state index in [4.69, 9.17) is 10.7 Å². The van der Waals surface area contributed by atoms with Gasteiger partial charge in [-0.05, 0) is 25.2 Å². The van der Waals surface area contributed by atoms with Crippen LogP contribution in [0.25, 0.3) is 0 Å². The van der Waals surface area contributed by atoms with Gasteiger partial charge in [0.1, 0.15) is 5.82 Å². The minimum Gasteiger partial charge on any atom is -0.346 e. The maximum atomic E-state index is 6.00. The molecule has 2 aliphatic carbocycles. The third-order valence-corrected chi connectivity index (χ3v) is 4.65. The fourth-order valence-corrected chi connectivity index (χ4v) is 3.50. The highest BCUT2D eigenvalue weighted by Crippen LogP contribution is 2.27.